The second kappa shape index (κ2) is 15.2. The van der Waals surface area contributed by atoms with E-state index in [1.165, 1.54) is 25.7 Å². The summed E-state index contributed by atoms with van der Waals surface area (Å²) in [6.07, 6.45) is 10.1. The summed E-state index contributed by atoms with van der Waals surface area (Å²) in [6, 6.07) is 21.1. The SMILES string of the molecule is CCCCCCCCNC(=O)N(C)c1ccc2nc(CCCC)n(Cc3ccc(-c4ccccc4C(=O)O)cc3)c2c1. The van der Waals surface area contributed by atoms with Crippen LogP contribution in [0.3, 0.4) is 0 Å². The van der Waals surface area contributed by atoms with Gasteiger partial charge in [-0.1, -0.05) is 94.8 Å². The minimum absolute atomic E-state index is 0.0996. The molecule has 0 fully saturated rings. The second-order valence-electron chi connectivity index (χ2n) is 11.0. The predicted molar refractivity (Wildman–Crippen MR) is 171 cm³/mol. The van der Waals surface area contributed by atoms with Gasteiger partial charge in [0.1, 0.15) is 5.82 Å². The number of nitrogens with one attached hydrogen (secondary N) is 1. The number of fused-ring (bicyclic) bond motifs is 1. The molecule has 7 heteroatoms. The van der Waals surface area contributed by atoms with Crippen LogP contribution in [0, 0.1) is 0 Å². The number of carboxylic acid groups (broad SMARTS) is 1. The molecule has 222 valence electrons. The molecule has 0 radical (unpaired) electrons. The topological polar surface area (TPSA) is 87.5 Å². The third-order valence-corrected chi connectivity index (χ3v) is 7.83. The number of urea groups is 1. The Morgan fingerprint density at radius 3 is 2.33 bits per heavy atom. The Bertz CT molecular complexity index is 1480. The van der Waals surface area contributed by atoms with E-state index in [9.17, 15) is 14.7 Å². The van der Waals surface area contributed by atoms with Crippen LogP contribution in [0.25, 0.3) is 22.2 Å². The molecule has 42 heavy (non-hydrogen) atoms. The van der Waals surface area contributed by atoms with Crippen molar-refractivity contribution in [2.75, 3.05) is 18.5 Å². The Hall–Kier alpha value is -4.13. The third kappa shape index (κ3) is 7.78. The number of nitrogens with zero attached hydrogens (tertiary/aromatic N) is 3. The van der Waals surface area contributed by atoms with E-state index in [1.54, 1.807) is 17.0 Å². The standard InChI is InChI=1S/C35H44N4O3/c1-4-6-8-9-10-13-23-36-35(42)38(3)28-21-22-31-32(24-28)39(33(37-31)16-7-5-2)25-26-17-19-27(20-18-26)29-14-11-12-15-30(29)34(40)41/h11-12,14-15,17-22,24H,4-10,13,16,23,25H2,1-3H3,(H,36,42)(H,40,41). The molecule has 4 aromatic rings. The minimum Gasteiger partial charge on any atom is -0.478 e. The molecule has 0 unspecified atom stereocenters. The van der Waals surface area contributed by atoms with Gasteiger partial charge in [-0.05, 0) is 53.8 Å². The van der Waals surface area contributed by atoms with E-state index >= 15 is 0 Å². The average molecular weight is 569 g/mol. The number of imidazole rings is 1. The van der Waals surface area contributed by atoms with Crippen LogP contribution >= 0.6 is 0 Å². The lowest BCUT2D eigenvalue weighted by Gasteiger charge is -2.19. The number of hydrogen-bond acceptors (Lipinski definition) is 3. The second-order valence-corrected chi connectivity index (χ2v) is 11.0. The largest absolute Gasteiger partial charge is 0.478 e. The van der Waals surface area contributed by atoms with E-state index in [-0.39, 0.29) is 6.03 Å². The van der Waals surface area contributed by atoms with E-state index in [1.807, 2.05) is 43.4 Å². The lowest BCUT2D eigenvalue weighted by molar-refractivity contribution is 0.0697. The summed E-state index contributed by atoms with van der Waals surface area (Å²) in [7, 11) is 1.81. The number of aryl methyl sites for hydroxylation is 1. The van der Waals surface area contributed by atoms with Crippen LogP contribution in [0.1, 0.15) is 87.0 Å². The van der Waals surface area contributed by atoms with E-state index in [0.717, 1.165) is 65.8 Å². The van der Waals surface area contributed by atoms with Crippen LogP contribution in [0.2, 0.25) is 0 Å². The zero-order valence-corrected chi connectivity index (χ0v) is 25.2. The maximum atomic E-state index is 12.9. The molecule has 1 heterocycles. The van der Waals surface area contributed by atoms with Crippen LogP contribution in [-0.4, -0.2) is 40.3 Å². The van der Waals surface area contributed by atoms with E-state index in [0.29, 0.717) is 24.2 Å². The molecule has 0 saturated heterocycles. The zero-order valence-electron chi connectivity index (χ0n) is 25.2. The van der Waals surface area contributed by atoms with Gasteiger partial charge in [0.15, 0.2) is 0 Å². The third-order valence-electron chi connectivity index (χ3n) is 7.83. The molecule has 0 spiro atoms. The number of amides is 2. The molecule has 0 aliphatic heterocycles. The number of benzene rings is 3. The molecule has 0 saturated carbocycles. The van der Waals surface area contributed by atoms with Crippen molar-refractivity contribution in [3.05, 3.63) is 83.7 Å². The Balaban J connectivity index is 1.52. The Morgan fingerprint density at radius 1 is 0.881 bits per heavy atom. The van der Waals surface area contributed by atoms with Crippen molar-refractivity contribution in [2.45, 2.75) is 78.2 Å². The first kappa shape index (κ1) is 30.8. The number of aromatic carboxylic acids is 1. The molecule has 7 nitrogen and oxygen atoms in total. The summed E-state index contributed by atoms with van der Waals surface area (Å²) >= 11 is 0. The maximum absolute atomic E-state index is 12.9. The quantitative estimate of drug-likeness (QED) is 0.141. The fourth-order valence-electron chi connectivity index (χ4n) is 5.30. The van der Waals surface area contributed by atoms with Crippen LogP contribution in [0.15, 0.2) is 66.7 Å². The van der Waals surface area contributed by atoms with Gasteiger partial charge in [0.2, 0.25) is 0 Å². The molecule has 1 aromatic heterocycles. The minimum atomic E-state index is -0.933. The van der Waals surface area contributed by atoms with Crippen molar-refractivity contribution in [3.63, 3.8) is 0 Å². The first-order valence-corrected chi connectivity index (χ1v) is 15.3. The smallest absolute Gasteiger partial charge is 0.336 e. The van der Waals surface area contributed by atoms with Crippen molar-refractivity contribution in [3.8, 4) is 11.1 Å². The summed E-state index contributed by atoms with van der Waals surface area (Å²) in [6.45, 7) is 5.71. The molecule has 3 aromatic carbocycles. The van der Waals surface area contributed by atoms with Gasteiger partial charge in [0.05, 0.1) is 16.6 Å². The van der Waals surface area contributed by atoms with Gasteiger partial charge in [-0.25, -0.2) is 14.6 Å². The average Bonchev–Trinajstić information content (AvgIpc) is 3.35. The molecule has 0 bridgehead atoms. The molecular weight excluding hydrogens is 524 g/mol. The zero-order chi connectivity index (χ0) is 29.9. The Kier molecular flexibility index (Phi) is 11.2. The van der Waals surface area contributed by atoms with E-state index in [2.05, 4.69) is 41.9 Å². The number of rotatable bonds is 15. The highest BCUT2D eigenvalue weighted by Gasteiger charge is 2.16. The van der Waals surface area contributed by atoms with E-state index < -0.39 is 5.97 Å². The first-order valence-electron chi connectivity index (χ1n) is 15.3. The van der Waals surface area contributed by atoms with Gasteiger partial charge in [-0.3, -0.25) is 4.90 Å². The lowest BCUT2D eigenvalue weighted by atomic mass is 9.99. The van der Waals surface area contributed by atoms with Crippen molar-refractivity contribution < 1.29 is 14.7 Å². The van der Waals surface area contributed by atoms with Crippen LogP contribution in [0.4, 0.5) is 10.5 Å². The summed E-state index contributed by atoms with van der Waals surface area (Å²) < 4.78 is 2.25. The molecule has 4 rings (SSSR count). The Labute approximate surface area is 249 Å². The van der Waals surface area contributed by atoms with Gasteiger partial charge in [0.25, 0.3) is 0 Å². The van der Waals surface area contributed by atoms with Crippen molar-refractivity contribution in [1.82, 2.24) is 14.9 Å². The number of carbonyl (C=O) groups excluding carboxylic acids is 1. The van der Waals surface area contributed by atoms with Gasteiger partial charge in [0, 0.05) is 32.2 Å². The molecule has 0 aliphatic carbocycles. The molecule has 2 amide bonds. The highest BCUT2D eigenvalue weighted by atomic mass is 16.4. The number of carbonyl (C=O) groups is 2. The number of hydrogen-bond donors (Lipinski definition) is 2. The van der Waals surface area contributed by atoms with Gasteiger partial charge >= 0.3 is 12.0 Å². The Morgan fingerprint density at radius 2 is 1.60 bits per heavy atom. The number of aromatic nitrogens is 2. The van der Waals surface area contributed by atoms with Crippen molar-refractivity contribution in [1.29, 1.82) is 0 Å². The normalized spacial score (nSPS) is 11.1. The monoisotopic (exact) mass is 568 g/mol. The highest BCUT2D eigenvalue weighted by molar-refractivity contribution is 5.96. The number of carboxylic acids is 1. The van der Waals surface area contributed by atoms with Gasteiger partial charge in [-0.15, -0.1) is 0 Å². The van der Waals surface area contributed by atoms with Crippen LogP contribution < -0.4 is 10.2 Å². The van der Waals surface area contributed by atoms with Gasteiger partial charge in [-0.2, -0.15) is 0 Å². The molecule has 0 aliphatic rings. The highest BCUT2D eigenvalue weighted by Crippen LogP contribution is 2.27. The summed E-state index contributed by atoms with van der Waals surface area (Å²) in [5.74, 6) is 0.0940. The van der Waals surface area contributed by atoms with Crippen LogP contribution in [-0.2, 0) is 13.0 Å². The van der Waals surface area contributed by atoms with Gasteiger partial charge < -0.3 is 15.0 Å². The van der Waals surface area contributed by atoms with Crippen molar-refractivity contribution >= 4 is 28.7 Å². The summed E-state index contributed by atoms with van der Waals surface area (Å²) in [5, 5.41) is 12.7. The predicted octanol–water partition coefficient (Wildman–Crippen LogP) is 8.30. The molecular formula is C35H44N4O3. The van der Waals surface area contributed by atoms with E-state index in [4.69, 9.17) is 4.98 Å². The molecule has 2 N–H and O–H groups in total. The summed E-state index contributed by atoms with van der Waals surface area (Å²) in [5.41, 5.74) is 5.70. The first-order chi connectivity index (χ1) is 20.4. The van der Waals surface area contributed by atoms with Crippen molar-refractivity contribution in [2.24, 2.45) is 0 Å². The van der Waals surface area contributed by atoms with Crippen LogP contribution in [0.5, 0.6) is 0 Å². The number of unbranched alkanes of at least 4 members (excludes halogenated alkanes) is 6. The fourth-order valence-corrected chi connectivity index (χ4v) is 5.30. The maximum Gasteiger partial charge on any atom is 0.336 e. The molecule has 0 atom stereocenters. The lowest BCUT2D eigenvalue weighted by Crippen LogP contribution is -2.37. The summed E-state index contributed by atoms with van der Waals surface area (Å²) in [4.78, 5) is 31.3. The fraction of sp³-hybridized carbons (Fsp3) is 0.400. The number of anilines is 1.